The molecule has 0 rings (SSSR count). The fraction of sp³-hybridized carbons (Fsp3) is 0.929. The minimum absolute atomic E-state index is 0.0212. The normalized spacial score (nSPS) is 12.6. The molecular weight excluding hydrogens is 230 g/mol. The van der Waals surface area contributed by atoms with E-state index in [9.17, 15) is 4.79 Å². The summed E-state index contributed by atoms with van der Waals surface area (Å²) in [5.41, 5.74) is 0.119. The Balaban J connectivity index is 3.85. The van der Waals surface area contributed by atoms with Crippen molar-refractivity contribution in [3.05, 3.63) is 0 Å². The van der Waals surface area contributed by atoms with Crippen LogP contribution in [0.4, 0.5) is 0 Å². The molecule has 0 fully saturated rings. The number of carbonyl (C=O) groups excluding carboxylic acids is 1. The van der Waals surface area contributed by atoms with Gasteiger partial charge in [0.15, 0.2) is 0 Å². The van der Waals surface area contributed by atoms with Crippen LogP contribution in [-0.4, -0.2) is 39.4 Å². The summed E-state index contributed by atoms with van der Waals surface area (Å²) < 4.78 is 10.9. The van der Waals surface area contributed by atoms with Crippen molar-refractivity contribution in [1.29, 1.82) is 0 Å². The van der Waals surface area contributed by atoms with Crippen LogP contribution in [0, 0.1) is 10.8 Å². The Hall–Kier alpha value is -0.610. The molecule has 0 heterocycles. The van der Waals surface area contributed by atoms with E-state index >= 15 is 0 Å². The van der Waals surface area contributed by atoms with Crippen LogP contribution in [0.2, 0.25) is 0 Å². The molecule has 18 heavy (non-hydrogen) atoms. The minimum atomic E-state index is 0.0212. The Morgan fingerprint density at radius 2 is 1.61 bits per heavy atom. The maximum atomic E-state index is 10.8. The average Bonchev–Trinajstić information content (AvgIpc) is 2.15. The molecule has 1 amide bonds. The summed E-state index contributed by atoms with van der Waals surface area (Å²) in [5.74, 6) is 0.0212. The zero-order valence-corrected chi connectivity index (χ0v) is 12.8. The molecule has 0 saturated carbocycles. The van der Waals surface area contributed by atoms with Gasteiger partial charge < -0.3 is 14.8 Å². The van der Waals surface area contributed by atoms with E-state index in [4.69, 9.17) is 9.47 Å². The number of rotatable bonds is 9. The zero-order chi connectivity index (χ0) is 14.2. The molecule has 1 N–H and O–H groups in total. The molecule has 0 aromatic rings. The highest BCUT2D eigenvalue weighted by Crippen LogP contribution is 2.22. The van der Waals surface area contributed by atoms with E-state index in [0.717, 1.165) is 6.42 Å². The van der Waals surface area contributed by atoms with E-state index in [-0.39, 0.29) is 16.7 Å². The van der Waals surface area contributed by atoms with Gasteiger partial charge in [0.1, 0.15) is 0 Å². The van der Waals surface area contributed by atoms with Crippen molar-refractivity contribution in [1.82, 2.24) is 5.32 Å². The van der Waals surface area contributed by atoms with Gasteiger partial charge in [-0.15, -0.1) is 0 Å². The van der Waals surface area contributed by atoms with Gasteiger partial charge in [-0.25, -0.2) is 0 Å². The SMILES string of the molecule is COCC(C)(C)COCC(C)(C)CCNC(C)=O. The first kappa shape index (κ1) is 17.4. The number of nitrogens with one attached hydrogen (secondary N) is 1. The van der Waals surface area contributed by atoms with E-state index in [1.807, 2.05) is 0 Å². The van der Waals surface area contributed by atoms with Crippen LogP contribution < -0.4 is 5.32 Å². The zero-order valence-electron chi connectivity index (χ0n) is 12.8. The standard InChI is InChI=1S/C14H29NO3/c1-12(16)15-8-7-13(2,3)10-18-11-14(4,5)9-17-6/h7-11H2,1-6H3,(H,15,16). The smallest absolute Gasteiger partial charge is 0.216 e. The van der Waals surface area contributed by atoms with Gasteiger partial charge in [-0.1, -0.05) is 27.7 Å². The first-order chi connectivity index (χ1) is 8.18. The molecule has 108 valence electrons. The summed E-state index contributed by atoms with van der Waals surface area (Å²) in [6, 6.07) is 0. The lowest BCUT2D eigenvalue weighted by molar-refractivity contribution is -0.119. The van der Waals surface area contributed by atoms with Crippen molar-refractivity contribution < 1.29 is 14.3 Å². The second-order valence-corrected chi connectivity index (χ2v) is 6.49. The largest absolute Gasteiger partial charge is 0.384 e. The van der Waals surface area contributed by atoms with Crippen molar-refractivity contribution in [2.24, 2.45) is 10.8 Å². The predicted molar refractivity (Wildman–Crippen MR) is 73.6 cm³/mol. The first-order valence-electron chi connectivity index (χ1n) is 6.50. The van der Waals surface area contributed by atoms with Gasteiger partial charge in [0.25, 0.3) is 0 Å². The topological polar surface area (TPSA) is 47.6 Å². The van der Waals surface area contributed by atoms with Crippen molar-refractivity contribution in [2.75, 3.05) is 33.5 Å². The predicted octanol–water partition coefficient (Wildman–Crippen LogP) is 2.23. The van der Waals surface area contributed by atoms with Crippen LogP contribution in [-0.2, 0) is 14.3 Å². The van der Waals surface area contributed by atoms with Gasteiger partial charge in [-0.05, 0) is 11.8 Å². The van der Waals surface area contributed by atoms with Gasteiger partial charge in [0.05, 0.1) is 19.8 Å². The van der Waals surface area contributed by atoms with Gasteiger partial charge in [0.2, 0.25) is 5.91 Å². The van der Waals surface area contributed by atoms with E-state index < -0.39 is 0 Å². The molecule has 0 aromatic heterocycles. The number of methoxy groups -OCH3 is 1. The molecule has 0 aliphatic carbocycles. The lowest BCUT2D eigenvalue weighted by Gasteiger charge is -2.28. The Bertz CT molecular complexity index is 249. The number of amides is 1. The van der Waals surface area contributed by atoms with Crippen molar-refractivity contribution in [3.8, 4) is 0 Å². The summed E-state index contributed by atoms with van der Waals surface area (Å²) in [5, 5.41) is 2.81. The Labute approximate surface area is 111 Å². The molecule has 0 aromatic carbocycles. The third-order valence-corrected chi connectivity index (χ3v) is 2.70. The van der Waals surface area contributed by atoms with Crippen LogP contribution in [0.5, 0.6) is 0 Å². The van der Waals surface area contributed by atoms with Crippen LogP contribution in [0.1, 0.15) is 41.0 Å². The number of carbonyl (C=O) groups is 1. The average molecular weight is 259 g/mol. The van der Waals surface area contributed by atoms with Crippen LogP contribution in [0.3, 0.4) is 0 Å². The lowest BCUT2D eigenvalue weighted by Crippen LogP contribution is -2.31. The van der Waals surface area contributed by atoms with Crippen LogP contribution >= 0.6 is 0 Å². The highest BCUT2D eigenvalue weighted by atomic mass is 16.5. The summed E-state index contributed by atoms with van der Waals surface area (Å²) in [4.78, 5) is 10.8. The molecule has 4 heteroatoms. The maximum Gasteiger partial charge on any atom is 0.216 e. The highest BCUT2D eigenvalue weighted by molar-refractivity contribution is 5.72. The highest BCUT2D eigenvalue weighted by Gasteiger charge is 2.22. The van der Waals surface area contributed by atoms with Gasteiger partial charge in [-0.2, -0.15) is 0 Å². The molecule has 0 bridgehead atoms. The molecule has 0 spiro atoms. The maximum absolute atomic E-state index is 10.8. The number of hydrogen-bond acceptors (Lipinski definition) is 3. The molecule has 0 saturated heterocycles. The third-order valence-electron chi connectivity index (χ3n) is 2.70. The molecule has 0 radical (unpaired) electrons. The molecule has 4 nitrogen and oxygen atoms in total. The number of ether oxygens (including phenoxy) is 2. The number of hydrogen-bond donors (Lipinski definition) is 1. The fourth-order valence-electron chi connectivity index (χ4n) is 1.69. The second-order valence-electron chi connectivity index (χ2n) is 6.49. The first-order valence-corrected chi connectivity index (χ1v) is 6.50. The summed E-state index contributed by atoms with van der Waals surface area (Å²) in [6.45, 7) is 12.9. The van der Waals surface area contributed by atoms with Crippen molar-refractivity contribution in [3.63, 3.8) is 0 Å². The van der Waals surface area contributed by atoms with E-state index in [1.54, 1.807) is 7.11 Å². The Morgan fingerprint density at radius 3 is 2.11 bits per heavy atom. The summed E-state index contributed by atoms with van der Waals surface area (Å²) >= 11 is 0. The van der Waals surface area contributed by atoms with E-state index in [0.29, 0.717) is 26.4 Å². The molecule has 0 aliphatic rings. The van der Waals surface area contributed by atoms with Gasteiger partial charge >= 0.3 is 0 Å². The van der Waals surface area contributed by atoms with Gasteiger partial charge in [0, 0.05) is 26.0 Å². The minimum Gasteiger partial charge on any atom is -0.384 e. The second kappa shape index (κ2) is 7.74. The van der Waals surface area contributed by atoms with Crippen molar-refractivity contribution >= 4 is 5.91 Å². The van der Waals surface area contributed by atoms with Crippen LogP contribution in [0.25, 0.3) is 0 Å². The molecule has 0 atom stereocenters. The molecule has 0 aliphatic heterocycles. The summed E-state index contributed by atoms with van der Waals surface area (Å²) in [7, 11) is 1.71. The van der Waals surface area contributed by atoms with Crippen molar-refractivity contribution in [2.45, 2.75) is 41.0 Å². The quantitative estimate of drug-likeness (QED) is 0.690. The van der Waals surface area contributed by atoms with E-state index in [1.165, 1.54) is 6.92 Å². The Kier molecular flexibility index (Phi) is 7.48. The monoisotopic (exact) mass is 259 g/mol. The molecule has 0 unspecified atom stereocenters. The third kappa shape index (κ3) is 9.42. The van der Waals surface area contributed by atoms with E-state index in [2.05, 4.69) is 33.0 Å². The fourth-order valence-corrected chi connectivity index (χ4v) is 1.69. The Morgan fingerprint density at radius 1 is 1.06 bits per heavy atom. The summed E-state index contributed by atoms with van der Waals surface area (Å²) in [6.07, 6.45) is 0.914. The lowest BCUT2D eigenvalue weighted by atomic mass is 9.90. The van der Waals surface area contributed by atoms with Crippen LogP contribution in [0.15, 0.2) is 0 Å². The van der Waals surface area contributed by atoms with Gasteiger partial charge in [-0.3, -0.25) is 4.79 Å². The molecular formula is C14H29NO3.